The fourth-order valence-corrected chi connectivity index (χ4v) is 3.53. The third-order valence-electron chi connectivity index (χ3n) is 5.34. The number of nitrogens with one attached hydrogen (secondary N) is 1. The Kier molecular flexibility index (Phi) is 5.47. The number of nitrogens with zero attached hydrogens (tertiary/aromatic N) is 1. The van der Waals surface area contributed by atoms with Crippen molar-refractivity contribution in [2.24, 2.45) is 0 Å². The van der Waals surface area contributed by atoms with Gasteiger partial charge in [-0.05, 0) is 41.3 Å². The zero-order chi connectivity index (χ0) is 22.0. The van der Waals surface area contributed by atoms with Crippen LogP contribution in [0.15, 0.2) is 78.9 Å². The van der Waals surface area contributed by atoms with Gasteiger partial charge in [0.05, 0.1) is 23.9 Å². The molecule has 0 radical (unpaired) electrons. The summed E-state index contributed by atoms with van der Waals surface area (Å²) in [5.74, 6) is 0.535. The average molecular weight is 411 g/mol. The Labute approximate surface area is 182 Å². The number of rotatable bonds is 4. The van der Waals surface area contributed by atoms with Gasteiger partial charge in [0.1, 0.15) is 5.75 Å². The molecule has 156 valence electrons. The van der Waals surface area contributed by atoms with Crippen molar-refractivity contribution in [2.75, 3.05) is 12.4 Å². The molecule has 0 saturated carbocycles. The number of methoxy groups -OCH3 is 1. The molecular weight excluding hydrogens is 384 g/mol. The third-order valence-corrected chi connectivity index (χ3v) is 5.34. The molecule has 0 atom stereocenters. The molecule has 0 aliphatic heterocycles. The largest absolute Gasteiger partial charge is 0.497 e. The van der Waals surface area contributed by atoms with Crippen LogP contribution in [0.2, 0.25) is 0 Å². The quantitative estimate of drug-likeness (QED) is 0.420. The van der Waals surface area contributed by atoms with Gasteiger partial charge in [-0.15, -0.1) is 0 Å². The number of hydrogen-bond acceptors (Lipinski definition) is 3. The molecule has 3 aromatic carbocycles. The minimum absolute atomic E-state index is 0.0630. The lowest BCUT2D eigenvalue weighted by Crippen LogP contribution is -2.14. The summed E-state index contributed by atoms with van der Waals surface area (Å²) in [5.41, 5.74) is 5.04. The summed E-state index contributed by atoms with van der Waals surface area (Å²) >= 11 is 0. The summed E-state index contributed by atoms with van der Waals surface area (Å²) in [5, 5.41) is 3.82. The molecule has 0 aliphatic rings. The van der Waals surface area contributed by atoms with E-state index in [4.69, 9.17) is 9.72 Å². The first-order valence-electron chi connectivity index (χ1n) is 10.3. The van der Waals surface area contributed by atoms with E-state index in [1.54, 1.807) is 7.11 Å². The van der Waals surface area contributed by atoms with Crippen LogP contribution in [0.4, 0.5) is 5.69 Å². The van der Waals surface area contributed by atoms with Gasteiger partial charge in [-0.3, -0.25) is 4.79 Å². The van der Waals surface area contributed by atoms with E-state index in [0.717, 1.165) is 22.3 Å². The van der Waals surface area contributed by atoms with E-state index in [2.05, 4.69) is 38.2 Å². The Morgan fingerprint density at radius 3 is 2.26 bits per heavy atom. The summed E-state index contributed by atoms with van der Waals surface area (Å²) in [4.78, 5) is 18.1. The number of pyridine rings is 1. The van der Waals surface area contributed by atoms with E-state index in [1.807, 2.05) is 66.7 Å². The van der Waals surface area contributed by atoms with Gasteiger partial charge in [0.15, 0.2) is 0 Å². The lowest BCUT2D eigenvalue weighted by atomic mass is 9.87. The number of amides is 1. The molecular formula is C27H26N2O2. The van der Waals surface area contributed by atoms with Gasteiger partial charge in [0.25, 0.3) is 5.91 Å². The highest BCUT2D eigenvalue weighted by Gasteiger charge is 2.16. The van der Waals surface area contributed by atoms with Crippen molar-refractivity contribution in [3.05, 3.63) is 90.0 Å². The average Bonchev–Trinajstić information content (AvgIpc) is 2.78. The summed E-state index contributed by atoms with van der Waals surface area (Å²) < 4.78 is 5.36. The van der Waals surface area contributed by atoms with Gasteiger partial charge in [-0.1, -0.05) is 63.2 Å². The topological polar surface area (TPSA) is 51.2 Å². The number of carbonyl (C=O) groups is 1. The number of benzene rings is 3. The minimum Gasteiger partial charge on any atom is -0.497 e. The van der Waals surface area contributed by atoms with E-state index in [1.165, 1.54) is 5.56 Å². The summed E-state index contributed by atoms with van der Waals surface area (Å²) in [7, 11) is 1.62. The van der Waals surface area contributed by atoms with Crippen molar-refractivity contribution in [2.45, 2.75) is 26.2 Å². The molecule has 1 aromatic heterocycles. The highest BCUT2D eigenvalue weighted by Crippen LogP contribution is 2.29. The monoisotopic (exact) mass is 410 g/mol. The van der Waals surface area contributed by atoms with Crippen molar-refractivity contribution >= 4 is 22.5 Å². The van der Waals surface area contributed by atoms with Crippen molar-refractivity contribution in [3.8, 4) is 17.0 Å². The van der Waals surface area contributed by atoms with Gasteiger partial charge >= 0.3 is 0 Å². The predicted molar refractivity (Wildman–Crippen MR) is 127 cm³/mol. The first kappa shape index (κ1) is 20.6. The Morgan fingerprint density at radius 1 is 0.903 bits per heavy atom. The minimum atomic E-state index is -0.168. The molecule has 0 aliphatic carbocycles. The second-order valence-corrected chi connectivity index (χ2v) is 8.59. The van der Waals surface area contributed by atoms with E-state index in [-0.39, 0.29) is 11.3 Å². The van der Waals surface area contributed by atoms with Crippen LogP contribution >= 0.6 is 0 Å². The first-order chi connectivity index (χ1) is 14.8. The van der Waals surface area contributed by atoms with Gasteiger partial charge in [-0.2, -0.15) is 0 Å². The van der Waals surface area contributed by atoms with Crippen LogP contribution in [-0.4, -0.2) is 18.0 Å². The normalized spacial score (nSPS) is 11.4. The molecule has 4 aromatic rings. The van der Waals surface area contributed by atoms with Gasteiger partial charge < -0.3 is 10.1 Å². The van der Waals surface area contributed by atoms with Crippen LogP contribution in [0.5, 0.6) is 5.75 Å². The maximum absolute atomic E-state index is 13.3. The Hall–Kier alpha value is -3.66. The van der Waals surface area contributed by atoms with Crippen molar-refractivity contribution in [3.63, 3.8) is 0 Å². The molecule has 1 heterocycles. The van der Waals surface area contributed by atoms with Gasteiger partial charge in [0, 0.05) is 22.7 Å². The number of ether oxygens (including phenoxy) is 1. The number of aromatic nitrogens is 1. The van der Waals surface area contributed by atoms with Crippen LogP contribution in [0.3, 0.4) is 0 Å². The fourth-order valence-electron chi connectivity index (χ4n) is 3.53. The molecule has 4 nitrogen and oxygen atoms in total. The van der Waals surface area contributed by atoms with Crippen LogP contribution in [-0.2, 0) is 5.41 Å². The maximum atomic E-state index is 13.3. The highest BCUT2D eigenvalue weighted by molar-refractivity contribution is 6.13. The first-order valence-corrected chi connectivity index (χ1v) is 10.3. The van der Waals surface area contributed by atoms with Crippen molar-refractivity contribution in [1.82, 2.24) is 4.98 Å². The SMILES string of the molecule is COc1ccc2c(C(=O)Nc3ccc(C(C)(C)C)cc3)cc(-c3ccccc3)nc2c1. The standard InChI is InChI=1S/C27H26N2O2/c1-27(2,3)19-10-12-20(13-11-19)28-26(30)23-17-24(18-8-6-5-7-9-18)29-25-16-21(31-4)14-15-22(23)25/h5-17H,1-4H3,(H,28,30). The Bertz CT molecular complexity index is 1220. The molecule has 31 heavy (non-hydrogen) atoms. The molecule has 4 rings (SSSR count). The zero-order valence-corrected chi connectivity index (χ0v) is 18.3. The van der Waals surface area contributed by atoms with E-state index >= 15 is 0 Å². The zero-order valence-electron chi connectivity index (χ0n) is 18.3. The van der Waals surface area contributed by atoms with Gasteiger partial charge in [-0.25, -0.2) is 4.98 Å². The van der Waals surface area contributed by atoms with Crippen LogP contribution < -0.4 is 10.1 Å². The van der Waals surface area contributed by atoms with Crippen molar-refractivity contribution < 1.29 is 9.53 Å². The van der Waals surface area contributed by atoms with Gasteiger partial charge in [0.2, 0.25) is 0 Å². The second kappa shape index (κ2) is 8.23. The predicted octanol–water partition coefficient (Wildman–Crippen LogP) is 6.46. The molecule has 0 spiro atoms. The fraction of sp³-hybridized carbons (Fsp3) is 0.185. The summed E-state index contributed by atoms with van der Waals surface area (Å²) in [6.07, 6.45) is 0. The van der Waals surface area contributed by atoms with E-state index < -0.39 is 0 Å². The molecule has 0 unspecified atom stereocenters. The number of carbonyl (C=O) groups excluding carboxylic acids is 1. The van der Waals surface area contributed by atoms with Crippen LogP contribution in [0.1, 0.15) is 36.7 Å². The summed E-state index contributed by atoms with van der Waals surface area (Å²) in [6.45, 7) is 6.51. The molecule has 0 saturated heterocycles. The van der Waals surface area contributed by atoms with Crippen LogP contribution in [0.25, 0.3) is 22.2 Å². The molecule has 0 fully saturated rings. The maximum Gasteiger partial charge on any atom is 0.256 e. The van der Waals surface area contributed by atoms with Crippen molar-refractivity contribution in [1.29, 1.82) is 0 Å². The lowest BCUT2D eigenvalue weighted by Gasteiger charge is -2.19. The number of anilines is 1. The number of fused-ring (bicyclic) bond motifs is 1. The number of hydrogen-bond donors (Lipinski definition) is 1. The third kappa shape index (κ3) is 4.43. The molecule has 0 bridgehead atoms. The second-order valence-electron chi connectivity index (χ2n) is 8.59. The van der Waals surface area contributed by atoms with E-state index in [0.29, 0.717) is 16.8 Å². The smallest absolute Gasteiger partial charge is 0.256 e. The summed E-state index contributed by atoms with van der Waals surface area (Å²) in [6, 6.07) is 25.3. The Balaban J connectivity index is 1.75. The Morgan fingerprint density at radius 2 is 1.61 bits per heavy atom. The lowest BCUT2D eigenvalue weighted by molar-refractivity contribution is 0.102. The van der Waals surface area contributed by atoms with Crippen LogP contribution in [0, 0.1) is 0 Å². The molecule has 1 amide bonds. The molecule has 4 heteroatoms. The highest BCUT2D eigenvalue weighted by atomic mass is 16.5. The molecule has 1 N–H and O–H groups in total. The van der Waals surface area contributed by atoms with E-state index in [9.17, 15) is 4.79 Å².